The average molecular weight is 452 g/mol. The minimum absolute atomic E-state index is 0.0901. The molecule has 1 fully saturated rings. The molecule has 1 aliphatic rings. The fraction of sp³-hybridized carbons (Fsp3) is 0.0870. The summed E-state index contributed by atoms with van der Waals surface area (Å²) >= 11 is 7.10. The molecule has 4 rings (SSSR count). The van der Waals surface area contributed by atoms with Gasteiger partial charge in [-0.25, -0.2) is 4.99 Å². The Labute approximate surface area is 187 Å². The van der Waals surface area contributed by atoms with Crippen LogP contribution in [0.2, 0.25) is 5.02 Å². The number of carboxylic acids is 1. The number of carboxylic acid groups (broad SMARTS) is 1. The van der Waals surface area contributed by atoms with Crippen LogP contribution in [0.3, 0.4) is 0 Å². The third-order valence-electron chi connectivity index (χ3n) is 4.60. The van der Waals surface area contributed by atoms with Crippen molar-refractivity contribution >= 4 is 52.2 Å². The summed E-state index contributed by atoms with van der Waals surface area (Å²) in [7, 11) is 0. The van der Waals surface area contributed by atoms with Crippen LogP contribution in [-0.4, -0.2) is 17.0 Å². The first kappa shape index (κ1) is 21.0. The predicted octanol–water partition coefficient (Wildman–Crippen LogP) is 4.47. The summed E-state index contributed by atoms with van der Waals surface area (Å²) in [4.78, 5) is 28.5. The number of hydrogen-bond donors (Lipinski definition) is 1. The highest BCUT2D eigenvalue weighted by Gasteiger charge is 2.24. The van der Waals surface area contributed by atoms with E-state index in [0.717, 1.165) is 16.8 Å². The van der Waals surface area contributed by atoms with E-state index < -0.39 is 5.97 Å². The number of rotatable bonds is 4. The molecule has 2 aromatic carbocycles. The van der Waals surface area contributed by atoms with Gasteiger partial charge >= 0.3 is 0 Å². The van der Waals surface area contributed by atoms with E-state index in [1.165, 1.54) is 23.9 Å². The van der Waals surface area contributed by atoms with E-state index >= 15 is 0 Å². The van der Waals surface area contributed by atoms with Crippen molar-refractivity contribution in [2.45, 2.75) is 13.8 Å². The third-order valence-corrected chi connectivity index (χ3v) is 5.84. The van der Waals surface area contributed by atoms with Crippen molar-refractivity contribution in [2.75, 3.05) is 0 Å². The maximum absolute atomic E-state index is 12.3. The van der Waals surface area contributed by atoms with Crippen LogP contribution in [0, 0.1) is 13.8 Å². The maximum Gasteiger partial charge on any atom is 0.264 e. The number of carbonyl (C=O) groups is 2. The lowest BCUT2D eigenvalue weighted by Crippen LogP contribution is -2.22. The van der Waals surface area contributed by atoms with E-state index in [1.807, 2.05) is 32.0 Å². The molecule has 0 spiro atoms. The highest BCUT2D eigenvalue weighted by atomic mass is 35.5. The van der Waals surface area contributed by atoms with Gasteiger partial charge in [0.25, 0.3) is 5.91 Å². The first-order chi connectivity index (χ1) is 14.8. The van der Waals surface area contributed by atoms with Gasteiger partial charge in [-0.2, -0.15) is 0 Å². The number of aryl methyl sites for hydroxylation is 2. The molecule has 3 aromatic rings. The quantitative estimate of drug-likeness (QED) is 0.590. The summed E-state index contributed by atoms with van der Waals surface area (Å²) in [5, 5.41) is 14.5. The zero-order chi connectivity index (χ0) is 22.1. The van der Waals surface area contributed by atoms with Crippen molar-refractivity contribution in [3.63, 3.8) is 0 Å². The Balaban J connectivity index is 1.57. The van der Waals surface area contributed by atoms with E-state index in [0.29, 0.717) is 27.2 Å². The Morgan fingerprint density at radius 2 is 1.97 bits per heavy atom. The van der Waals surface area contributed by atoms with Crippen LogP contribution in [0.15, 0.2) is 62.8 Å². The highest BCUT2D eigenvalue weighted by Crippen LogP contribution is 2.31. The first-order valence-electron chi connectivity index (χ1n) is 9.28. The van der Waals surface area contributed by atoms with E-state index in [1.54, 1.807) is 24.3 Å². The Morgan fingerprint density at radius 3 is 2.71 bits per heavy atom. The molecule has 31 heavy (non-hydrogen) atoms. The van der Waals surface area contributed by atoms with Crippen LogP contribution >= 0.6 is 23.4 Å². The molecule has 1 aliphatic heterocycles. The van der Waals surface area contributed by atoms with E-state index in [-0.39, 0.29) is 16.5 Å². The zero-order valence-corrected chi connectivity index (χ0v) is 18.1. The van der Waals surface area contributed by atoms with E-state index in [4.69, 9.17) is 16.0 Å². The van der Waals surface area contributed by atoms with Crippen molar-refractivity contribution in [3.8, 4) is 11.3 Å². The number of aromatic carboxylic acids is 1. The number of hydrogen-bond acceptors (Lipinski definition) is 6. The van der Waals surface area contributed by atoms with Crippen LogP contribution in [0.4, 0.5) is 5.69 Å². The second kappa shape index (κ2) is 8.45. The molecule has 1 amide bonds. The fourth-order valence-electron chi connectivity index (χ4n) is 3.07. The molecule has 0 saturated carbocycles. The van der Waals surface area contributed by atoms with Gasteiger partial charge in [0, 0.05) is 22.2 Å². The summed E-state index contributed by atoms with van der Waals surface area (Å²) in [6.45, 7) is 3.98. The summed E-state index contributed by atoms with van der Waals surface area (Å²) < 4.78 is 5.77. The molecular formula is C23H16ClN2O4S-. The molecule has 0 unspecified atom stereocenters. The van der Waals surface area contributed by atoms with Crippen LogP contribution < -0.4 is 10.4 Å². The molecule has 1 saturated heterocycles. The lowest BCUT2D eigenvalue weighted by molar-refractivity contribution is -0.255. The molecule has 0 aliphatic carbocycles. The number of amidine groups is 1. The Kier molecular flexibility index (Phi) is 5.71. The molecule has 2 heterocycles. The minimum atomic E-state index is -1.37. The van der Waals surface area contributed by atoms with Gasteiger partial charge in [0.15, 0.2) is 5.17 Å². The normalized spacial score (nSPS) is 16.2. The zero-order valence-electron chi connectivity index (χ0n) is 16.6. The number of nitrogens with one attached hydrogen (secondary N) is 1. The van der Waals surface area contributed by atoms with Gasteiger partial charge in [0.05, 0.1) is 16.6 Å². The minimum Gasteiger partial charge on any atom is -0.545 e. The Bertz CT molecular complexity index is 1280. The van der Waals surface area contributed by atoms with E-state index in [9.17, 15) is 14.7 Å². The maximum atomic E-state index is 12.3. The molecule has 1 aromatic heterocycles. The number of halogens is 1. The Morgan fingerprint density at radius 1 is 1.16 bits per heavy atom. The molecule has 8 heteroatoms. The van der Waals surface area contributed by atoms with Crippen LogP contribution in [0.5, 0.6) is 0 Å². The molecule has 156 valence electrons. The average Bonchev–Trinajstić information content (AvgIpc) is 3.31. The SMILES string of the molecule is Cc1ccc(N=C2NC(=O)/C(=C\c3ccc(-c4ccc(Cl)c(C(=O)[O-])c4)o3)S2)c(C)c1. The molecule has 6 nitrogen and oxygen atoms in total. The lowest BCUT2D eigenvalue weighted by atomic mass is 10.1. The lowest BCUT2D eigenvalue weighted by Gasteiger charge is -2.06. The molecule has 0 bridgehead atoms. The summed E-state index contributed by atoms with van der Waals surface area (Å²) in [5.41, 5.74) is 3.38. The van der Waals surface area contributed by atoms with Crippen molar-refractivity contribution in [2.24, 2.45) is 4.99 Å². The van der Waals surface area contributed by atoms with Crippen molar-refractivity contribution in [3.05, 3.63) is 80.9 Å². The van der Waals surface area contributed by atoms with Gasteiger partial charge in [-0.3, -0.25) is 4.79 Å². The topological polar surface area (TPSA) is 94.7 Å². The van der Waals surface area contributed by atoms with Crippen molar-refractivity contribution < 1.29 is 19.1 Å². The van der Waals surface area contributed by atoms with Gasteiger partial charge in [-0.05, 0) is 67.6 Å². The summed E-state index contributed by atoms with van der Waals surface area (Å²) in [6.07, 6.45) is 1.61. The van der Waals surface area contributed by atoms with Crippen molar-refractivity contribution in [1.29, 1.82) is 0 Å². The molecule has 1 N–H and O–H groups in total. The van der Waals surface area contributed by atoms with Gasteiger partial charge in [-0.15, -0.1) is 0 Å². The smallest absolute Gasteiger partial charge is 0.264 e. The fourth-order valence-corrected chi connectivity index (χ4v) is 4.08. The highest BCUT2D eigenvalue weighted by molar-refractivity contribution is 8.18. The largest absolute Gasteiger partial charge is 0.545 e. The van der Waals surface area contributed by atoms with Gasteiger partial charge in [-0.1, -0.05) is 29.3 Å². The van der Waals surface area contributed by atoms with Crippen LogP contribution in [-0.2, 0) is 4.79 Å². The van der Waals surface area contributed by atoms with Gasteiger partial charge in [0.1, 0.15) is 11.5 Å². The molecule has 0 radical (unpaired) electrons. The van der Waals surface area contributed by atoms with Gasteiger partial charge in [0.2, 0.25) is 0 Å². The number of benzene rings is 2. The molecule has 0 atom stereocenters. The van der Waals surface area contributed by atoms with Gasteiger partial charge < -0.3 is 19.6 Å². The number of thioether (sulfide) groups is 1. The number of furan rings is 1. The second-order valence-corrected chi connectivity index (χ2v) is 8.39. The second-order valence-electron chi connectivity index (χ2n) is 6.96. The predicted molar refractivity (Wildman–Crippen MR) is 120 cm³/mol. The Hall–Kier alpha value is -3.29. The number of aliphatic imine (C=N–C) groups is 1. The standard InChI is InChI=1S/C23H17ClN2O4S/c1-12-3-7-18(13(2)9-12)25-23-26-21(27)20(31-23)11-15-5-8-19(30-15)14-4-6-17(24)16(10-14)22(28)29/h3-11H,1-2H3,(H,28,29)(H,25,26,27)/p-1/b20-11+. The first-order valence-corrected chi connectivity index (χ1v) is 10.5. The molecular weight excluding hydrogens is 436 g/mol. The van der Waals surface area contributed by atoms with Crippen molar-refractivity contribution in [1.82, 2.24) is 5.32 Å². The van der Waals surface area contributed by atoms with Crippen LogP contribution in [0.25, 0.3) is 17.4 Å². The monoisotopic (exact) mass is 451 g/mol. The summed E-state index contributed by atoms with van der Waals surface area (Å²) in [6, 6.07) is 13.8. The van der Waals surface area contributed by atoms with Crippen LogP contribution in [0.1, 0.15) is 27.2 Å². The third kappa shape index (κ3) is 4.57. The number of amides is 1. The number of nitrogens with zero attached hydrogens (tertiary/aromatic N) is 1. The summed E-state index contributed by atoms with van der Waals surface area (Å²) in [5.74, 6) is -0.739. The number of carbonyl (C=O) groups excluding carboxylic acids is 2. The van der Waals surface area contributed by atoms with E-state index in [2.05, 4.69) is 10.3 Å².